The van der Waals surface area contributed by atoms with Crippen molar-refractivity contribution in [3.8, 4) is 0 Å². The molecule has 0 spiro atoms. The fourth-order valence-electron chi connectivity index (χ4n) is 4.52. The van der Waals surface area contributed by atoms with Crippen LogP contribution in [-0.4, -0.2) is 72.4 Å². The van der Waals surface area contributed by atoms with E-state index in [-0.39, 0.29) is 12.2 Å². The first kappa shape index (κ1) is 17.5. The van der Waals surface area contributed by atoms with Gasteiger partial charge < -0.3 is 14.2 Å². The Morgan fingerprint density at radius 3 is 2.92 bits per heavy atom. The molecule has 4 heterocycles. The molecule has 3 fully saturated rings. The van der Waals surface area contributed by atoms with Crippen LogP contribution in [0.4, 0.5) is 0 Å². The van der Waals surface area contributed by atoms with Crippen molar-refractivity contribution in [2.24, 2.45) is 5.92 Å². The Kier molecular flexibility index (Phi) is 6.02. The lowest BCUT2D eigenvalue weighted by Crippen LogP contribution is -2.43. The number of ether oxygens (including phenoxy) is 3. The first-order chi connectivity index (χ1) is 12.4. The van der Waals surface area contributed by atoms with Crippen LogP contribution in [0.1, 0.15) is 32.1 Å². The van der Waals surface area contributed by atoms with Gasteiger partial charge in [0.1, 0.15) is 6.10 Å². The molecule has 0 unspecified atom stereocenters. The third-order valence-electron chi connectivity index (χ3n) is 5.84. The molecule has 4 rings (SSSR count). The molecule has 3 atom stereocenters. The molecular weight excluding hydrogens is 318 g/mol. The van der Waals surface area contributed by atoms with Crippen molar-refractivity contribution in [2.45, 2.75) is 56.9 Å². The molecule has 0 saturated carbocycles. The van der Waals surface area contributed by atoms with Crippen LogP contribution < -0.4 is 0 Å². The van der Waals surface area contributed by atoms with Gasteiger partial charge >= 0.3 is 0 Å². The molecule has 1 aromatic rings. The zero-order chi connectivity index (χ0) is 16.9. The first-order valence-electron chi connectivity index (χ1n) is 9.92. The lowest BCUT2D eigenvalue weighted by atomic mass is 9.97. The van der Waals surface area contributed by atoms with E-state index in [0.29, 0.717) is 6.04 Å². The van der Waals surface area contributed by atoms with Crippen molar-refractivity contribution in [1.82, 2.24) is 14.7 Å². The standard InChI is InChI=1S/C19H31N3O3/c1-4-17-19(25-10-1)18(24-11-3-9-22-8-2-7-20-22)15-21(17)14-16-5-12-23-13-6-16/h2,7-8,16-19H,1,3-6,9-15H2/t17-,18+,19+/m1/s1. The highest BCUT2D eigenvalue weighted by molar-refractivity contribution is 4.97. The molecule has 0 bridgehead atoms. The number of nitrogens with zero attached hydrogens (tertiary/aromatic N) is 3. The Hall–Kier alpha value is -0.950. The number of hydrogen-bond donors (Lipinski definition) is 0. The number of aromatic nitrogens is 2. The first-order valence-corrected chi connectivity index (χ1v) is 9.92. The molecule has 3 aliphatic heterocycles. The minimum Gasteiger partial charge on any atom is -0.381 e. The van der Waals surface area contributed by atoms with Gasteiger partial charge in [-0.05, 0) is 44.1 Å². The summed E-state index contributed by atoms with van der Waals surface area (Å²) in [6.07, 6.45) is 10.1. The quantitative estimate of drug-likeness (QED) is 0.704. The van der Waals surface area contributed by atoms with Crippen LogP contribution in [0.15, 0.2) is 18.5 Å². The maximum Gasteiger partial charge on any atom is 0.100 e. The molecule has 3 saturated heterocycles. The molecular formula is C19H31N3O3. The van der Waals surface area contributed by atoms with Gasteiger partial charge in [-0.15, -0.1) is 0 Å². The maximum atomic E-state index is 6.26. The highest BCUT2D eigenvalue weighted by Gasteiger charge is 2.45. The fraction of sp³-hybridized carbons (Fsp3) is 0.842. The Labute approximate surface area is 150 Å². The second-order valence-electron chi connectivity index (χ2n) is 7.59. The summed E-state index contributed by atoms with van der Waals surface area (Å²) in [5.74, 6) is 0.773. The van der Waals surface area contributed by atoms with Crippen molar-refractivity contribution in [1.29, 1.82) is 0 Å². The number of hydrogen-bond acceptors (Lipinski definition) is 5. The van der Waals surface area contributed by atoms with Crippen LogP contribution in [-0.2, 0) is 20.8 Å². The van der Waals surface area contributed by atoms with E-state index in [9.17, 15) is 0 Å². The van der Waals surface area contributed by atoms with Crippen molar-refractivity contribution in [3.63, 3.8) is 0 Å². The van der Waals surface area contributed by atoms with E-state index in [4.69, 9.17) is 14.2 Å². The van der Waals surface area contributed by atoms with Crippen LogP contribution >= 0.6 is 0 Å². The predicted molar refractivity (Wildman–Crippen MR) is 94.5 cm³/mol. The van der Waals surface area contributed by atoms with E-state index in [2.05, 4.69) is 10.00 Å². The fourth-order valence-corrected chi connectivity index (χ4v) is 4.52. The van der Waals surface area contributed by atoms with E-state index >= 15 is 0 Å². The second kappa shape index (κ2) is 8.62. The smallest absolute Gasteiger partial charge is 0.100 e. The SMILES string of the molecule is c1cnn(CCCO[C@H]2CN(CC3CCOCC3)[C@@H]3CCCO[C@H]23)c1. The Morgan fingerprint density at radius 1 is 1.16 bits per heavy atom. The molecule has 1 aromatic heterocycles. The largest absolute Gasteiger partial charge is 0.381 e. The second-order valence-corrected chi connectivity index (χ2v) is 7.59. The summed E-state index contributed by atoms with van der Waals surface area (Å²) < 4.78 is 19.9. The number of rotatable bonds is 7. The molecule has 6 heteroatoms. The van der Waals surface area contributed by atoms with E-state index in [1.165, 1.54) is 32.2 Å². The van der Waals surface area contributed by atoms with Crippen LogP contribution in [0.3, 0.4) is 0 Å². The van der Waals surface area contributed by atoms with Crippen molar-refractivity contribution >= 4 is 0 Å². The van der Waals surface area contributed by atoms with Gasteiger partial charge in [-0.25, -0.2) is 0 Å². The normalized spacial score (nSPS) is 31.3. The number of likely N-dealkylation sites (tertiary alicyclic amines) is 1. The molecule has 0 radical (unpaired) electrons. The van der Waals surface area contributed by atoms with E-state index in [0.717, 1.165) is 51.9 Å². The zero-order valence-corrected chi connectivity index (χ0v) is 15.1. The maximum absolute atomic E-state index is 6.26. The summed E-state index contributed by atoms with van der Waals surface area (Å²) in [6.45, 7) is 6.64. The molecule has 0 aromatic carbocycles. The summed E-state index contributed by atoms with van der Waals surface area (Å²) in [6, 6.07) is 2.51. The highest BCUT2D eigenvalue weighted by atomic mass is 16.5. The predicted octanol–water partition coefficient (Wildman–Crippen LogP) is 1.95. The lowest BCUT2D eigenvalue weighted by molar-refractivity contribution is -0.0784. The summed E-state index contributed by atoms with van der Waals surface area (Å²) in [7, 11) is 0. The van der Waals surface area contributed by atoms with Crippen molar-refractivity contribution in [2.75, 3.05) is 39.5 Å². The molecule has 0 aliphatic carbocycles. The van der Waals surface area contributed by atoms with Gasteiger partial charge in [0.05, 0.1) is 6.10 Å². The van der Waals surface area contributed by atoms with Gasteiger partial charge in [0.25, 0.3) is 0 Å². The third kappa shape index (κ3) is 4.42. The summed E-state index contributed by atoms with van der Waals surface area (Å²) >= 11 is 0. The van der Waals surface area contributed by atoms with Crippen LogP contribution in [0, 0.1) is 5.92 Å². The molecule has 3 aliphatic rings. The molecule has 0 amide bonds. The minimum absolute atomic E-state index is 0.225. The third-order valence-corrected chi connectivity index (χ3v) is 5.84. The van der Waals surface area contributed by atoms with Gasteiger partial charge in [0.15, 0.2) is 0 Å². The summed E-state index contributed by atoms with van der Waals surface area (Å²) in [5.41, 5.74) is 0. The van der Waals surface area contributed by atoms with Crippen LogP contribution in [0.2, 0.25) is 0 Å². The summed E-state index contributed by atoms with van der Waals surface area (Å²) in [4.78, 5) is 2.65. The number of aryl methyl sites for hydroxylation is 1. The van der Waals surface area contributed by atoms with Gasteiger partial charge in [0.2, 0.25) is 0 Å². The van der Waals surface area contributed by atoms with E-state index in [1.54, 1.807) is 0 Å². The zero-order valence-electron chi connectivity index (χ0n) is 15.1. The Bertz CT molecular complexity index is 504. The molecule has 6 nitrogen and oxygen atoms in total. The van der Waals surface area contributed by atoms with Gasteiger partial charge in [-0.3, -0.25) is 9.58 Å². The van der Waals surface area contributed by atoms with Crippen molar-refractivity contribution < 1.29 is 14.2 Å². The highest BCUT2D eigenvalue weighted by Crippen LogP contribution is 2.32. The molecule has 25 heavy (non-hydrogen) atoms. The average molecular weight is 349 g/mol. The van der Waals surface area contributed by atoms with Gasteiger partial charge in [-0.1, -0.05) is 0 Å². The Morgan fingerprint density at radius 2 is 2.08 bits per heavy atom. The van der Waals surface area contributed by atoms with Crippen molar-refractivity contribution in [3.05, 3.63) is 18.5 Å². The van der Waals surface area contributed by atoms with E-state index in [1.807, 2.05) is 23.1 Å². The van der Waals surface area contributed by atoms with Gasteiger partial charge in [-0.2, -0.15) is 5.10 Å². The average Bonchev–Trinajstić information content (AvgIpc) is 3.29. The summed E-state index contributed by atoms with van der Waals surface area (Å²) in [5, 5.41) is 4.25. The van der Waals surface area contributed by atoms with Crippen LogP contribution in [0.5, 0.6) is 0 Å². The topological polar surface area (TPSA) is 48.8 Å². The lowest BCUT2D eigenvalue weighted by Gasteiger charge is -2.34. The van der Waals surface area contributed by atoms with E-state index < -0.39 is 0 Å². The van der Waals surface area contributed by atoms with Crippen LogP contribution in [0.25, 0.3) is 0 Å². The number of fused-ring (bicyclic) bond motifs is 1. The minimum atomic E-state index is 0.225. The van der Waals surface area contributed by atoms with Gasteiger partial charge in [0, 0.05) is 64.5 Å². The Balaban J connectivity index is 1.27. The molecule has 0 N–H and O–H groups in total. The molecule has 140 valence electrons. The monoisotopic (exact) mass is 349 g/mol.